The highest BCUT2D eigenvalue weighted by Crippen LogP contribution is 2.19. The Kier molecular flexibility index (Phi) is 6.64. The highest BCUT2D eigenvalue weighted by atomic mass is 35.5. The molecular formula is C19H24ClN3O. The van der Waals surface area contributed by atoms with Crippen LogP contribution in [0.3, 0.4) is 0 Å². The molecule has 0 bridgehead atoms. The summed E-state index contributed by atoms with van der Waals surface area (Å²) in [5, 5.41) is 6.39. The van der Waals surface area contributed by atoms with Gasteiger partial charge in [-0.05, 0) is 50.7 Å². The van der Waals surface area contributed by atoms with Crippen LogP contribution in [0.15, 0.2) is 48.5 Å². The number of carbonyl (C=O) groups is 1. The second-order valence-electron chi connectivity index (χ2n) is 6.11. The summed E-state index contributed by atoms with van der Waals surface area (Å²) < 4.78 is 0. The van der Waals surface area contributed by atoms with Crippen molar-refractivity contribution in [3.8, 4) is 0 Å². The number of rotatable bonds is 6. The van der Waals surface area contributed by atoms with Gasteiger partial charge < -0.3 is 15.5 Å². The molecule has 5 heteroatoms. The number of likely N-dealkylation sites (N-methyl/N-ethyl adjacent to an activating group) is 1. The predicted molar refractivity (Wildman–Crippen MR) is 101 cm³/mol. The molecule has 0 heterocycles. The number of nitrogens with one attached hydrogen (secondary N) is 2. The normalized spacial score (nSPS) is 12.0. The maximum absolute atomic E-state index is 12.1. The molecule has 128 valence electrons. The van der Waals surface area contributed by atoms with Crippen molar-refractivity contribution in [2.75, 3.05) is 26.0 Å². The summed E-state index contributed by atoms with van der Waals surface area (Å²) in [5.41, 5.74) is 2.93. The fraction of sp³-hybridized carbons (Fsp3) is 0.316. The third-order valence-corrected chi connectivity index (χ3v) is 4.38. The average Bonchev–Trinajstić information content (AvgIpc) is 2.55. The summed E-state index contributed by atoms with van der Waals surface area (Å²) in [6.45, 7) is 2.49. The molecule has 4 nitrogen and oxygen atoms in total. The first-order valence-electron chi connectivity index (χ1n) is 7.97. The monoisotopic (exact) mass is 345 g/mol. The topological polar surface area (TPSA) is 44.4 Å². The number of aryl methyl sites for hydroxylation is 1. The number of amides is 2. The average molecular weight is 346 g/mol. The molecule has 1 atom stereocenters. The van der Waals surface area contributed by atoms with Crippen LogP contribution >= 0.6 is 11.6 Å². The number of hydrogen-bond donors (Lipinski definition) is 2. The molecule has 0 spiro atoms. The van der Waals surface area contributed by atoms with Crippen molar-refractivity contribution in [2.45, 2.75) is 19.4 Å². The fourth-order valence-corrected chi connectivity index (χ4v) is 2.56. The largest absolute Gasteiger partial charge is 0.336 e. The van der Waals surface area contributed by atoms with Crippen LogP contribution < -0.4 is 10.6 Å². The van der Waals surface area contributed by atoms with Crippen molar-refractivity contribution in [1.29, 1.82) is 0 Å². The van der Waals surface area contributed by atoms with Gasteiger partial charge in [0.25, 0.3) is 0 Å². The lowest BCUT2D eigenvalue weighted by Crippen LogP contribution is -2.43. The number of hydrogen-bond acceptors (Lipinski definition) is 2. The van der Waals surface area contributed by atoms with E-state index in [1.807, 2.05) is 51.4 Å². The molecule has 2 rings (SSSR count). The Balaban J connectivity index is 1.89. The lowest BCUT2D eigenvalue weighted by molar-refractivity contribution is 0.242. The molecule has 0 fully saturated rings. The zero-order chi connectivity index (χ0) is 17.5. The summed E-state index contributed by atoms with van der Waals surface area (Å²) in [5.74, 6) is 0. The third kappa shape index (κ3) is 5.55. The minimum Gasteiger partial charge on any atom is -0.336 e. The quantitative estimate of drug-likeness (QED) is 0.832. The highest BCUT2D eigenvalue weighted by molar-refractivity contribution is 6.31. The fourth-order valence-electron chi connectivity index (χ4n) is 2.38. The molecule has 0 radical (unpaired) electrons. The Hall–Kier alpha value is -2.04. The van der Waals surface area contributed by atoms with E-state index in [-0.39, 0.29) is 12.1 Å². The van der Waals surface area contributed by atoms with Crippen LogP contribution in [0.5, 0.6) is 0 Å². The van der Waals surface area contributed by atoms with Gasteiger partial charge >= 0.3 is 6.03 Å². The van der Waals surface area contributed by atoms with Crippen LogP contribution in [-0.4, -0.2) is 37.6 Å². The van der Waals surface area contributed by atoms with Gasteiger partial charge in [-0.2, -0.15) is 0 Å². The summed E-state index contributed by atoms with van der Waals surface area (Å²) in [6.07, 6.45) is 0.879. The van der Waals surface area contributed by atoms with Crippen LogP contribution in [0.1, 0.15) is 11.1 Å². The molecule has 2 N–H and O–H groups in total. The van der Waals surface area contributed by atoms with Crippen molar-refractivity contribution in [1.82, 2.24) is 10.2 Å². The Morgan fingerprint density at radius 3 is 2.50 bits per heavy atom. The van der Waals surface area contributed by atoms with Gasteiger partial charge in [0.15, 0.2) is 0 Å². The van der Waals surface area contributed by atoms with E-state index in [0.29, 0.717) is 17.3 Å². The molecule has 24 heavy (non-hydrogen) atoms. The molecule has 0 aromatic heterocycles. The minimum absolute atomic E-state index is 0.222. The number of nitrogens with zero attached hydrogens (tertiary/aromatic N) is 1. The molecule has 1 unspecified atom stereocenters. The van der Waals surface area contributed by atoms with Gasteiger partial charge in [-0.3, -0.25) is 0 Å². The van der Waals surface area contributed by atoms with Gasteiger partial charge in [-0.15, -0.1) is 0 Å². The molecule has 2 amide bonds. The van der Waals surface area contributed by atoms with Gasteiger partial charge in [0.2, 0.25) is 0 Å². The zero-order valence-electron chi connectivity index (χ0n) is 14.3. The second-order valence-corrected chi connectivity index (χ2v) is 6.51. The maximum atomic E-state index is 12.1. The number of benzene rings is 2. The van der Waals surface area contributed by atoms with Crippen LogP contribution in [0, 0.1) is 6.92 Å². The maximum Gasteiger partial charge on any atom is 0.319 e. The van der Waals surface area contributed by atoms with Crippen molar-refractivity contribution < 1.29 is 4.79 Å². The van der Waals surface area contributed by atoms with Gasteiger partial charge in [-0.1, -0.05) is 48.0 Å². The smallest absolute Gasteiger partial charge is 0.319 e. The van der Waals surface area contributed by atoms with Gasteiger partial charge in [-0.25, -0.2) is 4.79 Å². The Bertz CT molecular complexity index is 674. The lowest BCUT2D eigenvalue weighted by Gasteiger charge is -2.25. The van der Waals surface area contributed by atoms with E-state index in [4.69, 9.17) is 11.6 Å². The van der Waals surface area contributed by atoms with Crippen molar-refractivity contribution >= 4 is 23.3 Å². The van der Waals surface area contributed by atoms with E-state index in [9.17, 15) is 4.79 Å². The van der Waals surface area contributed by atoms with Crippen LogP contribution in [0.4, 0.5) is 10.5 Å². The highest BCUT2D eigenvalue weighted by Gasteiger charge is 2.14. The Morgan fingerprint density at radius 1 is 1.17 bits per heavy atom. The second kappa shape index (κ2) is 8.71. The molecule has 0 saturated heterocycles. The molecule has 2 aromatic rings. The first-order valence-corrected chi connectivity index (χ1v) is 8.35. The number of anilines is 1. The van der Waals surface area contributed by atoms with Crippen molar-refractivity contribution in [2.24, 2.45) is 0 Å². The van der Waals surface area contributed by atoms with Crippen LogP contribution in [0.25, 0.3) is 0 Å². The first kappa shape index (κ1) is 18.3. The van der Waals surface area contributed by atoms with Gasteiger partial charge in [0.1, 0.15) is 0 Å². The third-order valence-electron chi connectivity index (χ3n) is 3.97. The predicted octanol–water partition coefficient (Wildman–Crippen LogP) is 3.94. The van der Waals surface area contributed by atoms with E-state index >= 15 is 0 Å². The van der Waals surface area contributed by atoms with Gasteiger partial charge in [0, 0.05) is 23.3 Å². The molecule has 2 aromatic carbocycles. The molecule has 0 saturated carbocycles. The van der Waals surface area contributed by atoms with E-state index in [2.05, 4.69) is 27.7 Å². The van der Waals surface area contributed by atoms with E-state index in [0.717, 1.165) is 12.0 Å². The van der Waals surface area contributed by atoms with Crippen LogP contribution in [0.2, 0.25) is 5.02 Å². The minimum atomic E-state index is -0.227. The first-order chi connectivity index (χ1) is 11.5. The molecule has 0 aliphatic rings. The van der Waals surface area contributed by atoms with E-state index in [1.54, 1.807) is 6.07 Å². The summed E-state index contributed by atoms with van der Waals surface area (Å²) in [4.78, 5) is 14.2. The van der Waals surface area contributed by atoms with Crippen molar-refractivity contribution in [3.05, 3.63) is 64.7 Å². The summed E-state index contributed by atoms with van der Waals surface area (Å²) >= 11 is 6.08. The summed E-state index contributed by atoms with van der Waals surface area (Å²) in [7, 11) is 4.04. The zero-order valence-corrected chi connectivity index (χ0v) is 15.1. The summed E-state index contributed by atoms with van der Waals surface area (Å²) in [6, 6.07) is 15.7. The van der Waals surface area contributed by atoms with Gasteiger partial charge in [0.05, 0.1) is 0 Å². The van der Waals surface area contributed by atoms with E-state index < -0.39 is 0 Å². The standard InChI is InChI=1S/C19H24ClN3O/c1-14-9-10-16(12-18(14)20)22-19(24)21-13-17(23(2)3)11-15-7-5-4-6-8-15/h4-10,12,17H,11,13H2,1-3H3,(H2,21,22,24). The lowest BCUT2D eigenvalue weighted by atomic mass is 10.1. The molecule has 0 aliphatic heterocycles. The number of halogens is 1. The molecular weight excluding hydrogens is 322 g/mol. The Morgan fingerprint density at radius 2 is 1.88 bits per heavy atom. The SMILES string of the molecule is Cc1ccc(NC(=O)NCC(Cc2ccccc2)N(C)C)cc1Cl. The van der Waals surface area contributed by atoms with Crippen LogP contribution in [-0.2, 0) is 6.42 Å². The number of urea groups is 1. The Labute approximate surface area is 148 Å². The number of carbonyl (C=O) groups excluding carboxylic acids is 1. The van der Waals surface area contributed by atoms with E-state index in [1.165, 1.54) is 5.56 Å². The molecule has 0 aliphatic carbocycles. The van der Waals surface area contributed by atoms with Crippen molar-refractivity contribution in [3.63, 3.8) is 0 Å².